The number of hydrogen-bond donors (Lipinski definition) is 4. The van der Waals surface area contributed by atoms with E-state index in [1.54, 1.807) is 6.92 Å². The summed E-state index contributed by atoms with van der Waals surface area (Å²) in [6.45, 7) is 1.90. The Hall–Kier alpha value is -0.130. The van der Waals surface area contributed by atoms with Crippen molar-refractivity contribution in [2.75, 3.05) is 13.2 Å². The zero-order valence-electron chi connectivity index (χ0n) is 9.26. The summed E-state index contributed by atoms with van der Waals surface area (Å²) in [5.74, 6) is 0. The standard InChI is InChI=1S/C8H17NO7S/c1-4-5(10)6(11)7(16-17(12)13)8(15-4)14-3-2-9/h4-8,10-11H,2-3,9H2,1H3,(H,12,13)/t4-,5+,6+,7-,8+/m0/s1. The highest BCUT2D eigenvalue weighted by molar-refractivity contribution is 7.74. The predicted molar refractivity (Wildman–Crippen MR) is 57.0 cm³/mol. The van der Waals surface area contributed by atoms with E-state index < -0.39 is 42.1 Å². The van der Waals surface area contributed by atoms with Gasteiger partial charge in [0.1, 0.15) is 12.2 Å². The van der Waals surface area contributed by atoms with Crippen LogP contribution in [0, 0.1) is 0 Å². The first-order valence-electron chi connectivity index (χ1n) is 5.08. The maximum atomic E-state index is 10.6. The van der Waals surface area contributed by atoms with E-state index in [0.717, 1.165) is 0 Å². The smallest absolute Gasteiger partial charge is 0.302 e. The van der Waals surface area contributed by atoms with Crippen molar-refractivity contribution < 1.29 is 32.6 Å². The first-order valence-corrected chi connectivity index (χ1v) is 6.11. The summed E-state index contributed by atoms with van der Waals surface area (Å²) in [5.41, 5.74) is 5.25. The summed E-state index contributed by atoms with van der Waals surface area (Å²) in [6.07, 6.45) is -5.58. The average molecular weight is 271 g/mol. The van der Waals surface area contributed by atoms with E-state index >= 15 is 0 Å². The Morgan fingerprint density at radius 3 is 2.59 bits per heavy atom. The van der Waals surface area contributed by atoms with E-state index in [-0.39, 0.29) is 13.2 Å². The topological polar surface area (TPSA) is 131 Å². The van der Waals surface area contributed by atoms with Crippen LogP contribution in [-0.2, 0) is 25.0 Å². The molecule has 0 spiro atoms. The van der Waals surface area contributed by atoms with Crippen molar-refractivity contribution in [1.82, 2.24) is 0 Å². The number of aliphatic hydroxyl groups excluding tert-OH is 2. The molecule has 0 bridgehead atoms. The summed E-state index contributed by atoms with van der Waals surface area (Å²) >= 11 is -2.60. The molecule has 0 aromatic carbocycles. The minimum atomic E-state index is -2.60. The van der Waals surface area contributed by atoms with E-state index in [1.807, 2.05) is 0 Å². The van der Waals surface area contributed by atoms with Crippen molar-refractivity contribution >= 4 is 11.4 Å². The van der Waals surface area contributed by atoms with Gasteiger partial charge in [-0.1, -0.05) is 0 Å². The third-order valence-corrected chi connectivity index (χ3v) is 2.76. The summed E-state index contributed by atoms with van der Waals surface area (Å²) in [4.78, 5) is 0. The van der Waals surface area contributed by atoms with E-state index in [2.05, 4.69) is 4.18 Å². The average Bonchev–Trinajstić information content (AvgIpc) is 2.27. The Kier molecular flexibility index (Phi) is 5.89. The monoisotopic (exact) mass is 271 g/mol. The highest BCUT2D eigenvalue weighted by Gasteiger charge is 2.45. The molecule has 102 valence electrons. The second kappa shape index (κ2) is 6.71. The lowest BCUT2D eigenvalue weighted by atomic mass is 10.0. The minimum absolute atomic E-state index is 0.137. The molecular formula is C8H17NO7S. The lowest BCUT2D eigenvalue weighted by molar-refractivity contribution is -0.285. The zero-order valence-corrected chi connectivity index (χ0v) is 10.1. The zero-order chi connectivity index (χ0) is 13.0. The third-order valence-electron chi connectivity index (χ3n) is 2.38. The van der Waals surface area contributed by atoms with Crippen molar-refractivity contribution in [2.24, 2.45) is 5.73 Å². The van der Waals surface area contributed by atoms with Crippen LogP contribution in [0.2, 0.25) is 0 Å². The van der Waals surface area contributed by atoms with Crippen LogP contribution >= 0.6 is 0 Å². The molecule has 0 aliphatic carbocycles. The molecule has 0 radical (unpaired) electrons. The van der Waals surface area contributed by atoms with Crippen molar-refractivity contribution in [3.63, 3.8) is 0 Å². The predicted octanol–water partition coefficient (Wildman–Crippen LogP) is -2.05. The number of aliphatic hydroxyl groups is 2. The Morgan fingerprint density at radius 2 is 2.06 bits per heavy atom. The molecule has 1 aliphatic rings. The summed E-state index contributed by atoms with van der Waals surface area (Å²) in [6, 6.07) is 0. The first-order chi connectivity index (χ1) is 7.97. The van der Waals surface area contributed by atoms with E-state index in [0.29, 0.717) is 0 Å². The molecule has 9 heteroatoms. The quantitative estimate of drug-likeness (QED) is 0.420. The molecule has 1 saturated heterocycles. The lowest BCUT2D eigenvalue weighted by Crippen LogP contribution is -2.58. The molecule has 17 heavy (non-hydrogen) atoms. The van der Waals surface area contributed by atoms with Gasteiger partial charge in [0, 0.05) is 6.54 Å². The van der Waals surface area contributed by atoms with Gasteiger partial charge in [-0.05, 0) is 6.92 Å². The van der Waals surface area contributed by atoms with Gasteiger partial charge in [-0.25, -0.2) is 0 Å². The van der Waals surface area contributed by atoms with Crippen molar-refractivity contribution in [1.29, 1.82) is 0 Å². The molecule has 1 aliphatic heterocycles. The molecule has 0 aromatic rings. The molecule has 0 saturated carbocycles. The van der Waals surface area contributed by atoms with Gasteiger partial charge < -0.3 is 25.4 Å². The van der Waals surface area contributed by atoms with Crippen molar-refractivity contribution in [3.05, 3.63) is 0 Å². The maximum Gasteiger partial charge on any atom is 0.302 e. The maximum absolute atomic E-state index is 10.6. The Labute approximate surface area is 101 Å². The fourth-order valence-electron chi connectivity index (χ4n) is 1.52. The molecule has 0 amide bonds. The second-order valence-electron chi connectivity index (χ2n) is 3.63. The van der Waals surface area contributed by atoms with E-state index in [9.17, 15) is 14.4 Å². The van der Waals surface area contributed by atoms with Gasteiger partial charge in [0.25, 0.3) is 0 Å². The van der Waals surface area contributed by atoms with Crippen LogP contribution < -0.4 is 5.73 Å². The van der Waals surface area contributed by atoms with Gasteiger partial charge in [-0.15, -0.1) is 0 Å². The fraction of sp³-hybridized carbons (Fsp3) is 1.00. The highest BCUT2D eigenvalue weighted by atomic mass is 32.2. The summed E-state index contributed by atoms with van der Waals surface area (Å²) in [7, 11) is 0. The molecule has 0 aromatic heterocycles. The number of nitrogens with two attached hydrogens (primary N) is 1. The molecule has 1 unspecified atom stereocenters. The van der Waals surface area contributed by atoms with Crippen LogP contribution in [0.25, 0.3) is 0 Å². The van der Waals surface area contributed by atoms with Gasteiger partial charge >= 0.3 is 11.4 Å². The van der Waals surface area contributed by atoms with Gasteiger partial charge in [0.2, 0.25) is 0 Å². The van der Waals surface area contributed by atoms with Gasteiger partial charge in [0.15, 0.2) is 12.4 Å². The van der Waals surface area contributed by atoms with Crippen LogP contribution in [0.15, 0.2) is 0 Å². The summed E-state index contributed by atoms with van der Waals surface area (Å²) in [5, 5.41) is 19.3. The number of rotatable bonds is 5. The molecule has 1 rings (SSSR count). The van der Waals surface area contributed by atoms with Gasteiger partial charge in [-0.2, -0.15) is 4.21 Å². The molecule has 1 heterocycles. The normalized spacial score (nSPS) is 40.2. The lowest BCUT2D eigenvalue weighted by Gasteiger charge is -2.40. The largest absolute Gasteiger partial charge is 0.388 e. The summed E-state index contributed by atoms with van der Waals surface area (Å²) < 4.78 is 34.2. The minimum Gasteiger partial charge on any atom is -0.388 e. The van der Waals surface area contributed by atoms with Crippen LogP contribution in [-0.4, -0.2) is 62.8 Å². The van der Waals surface area contributed by atoms with Crippen LogP contribution in [0.1, 0.15) is 6.92 Å². The molecule has 1 fully saturated rings. The van der Waals surface area contributed by atoms with Gasteiger partial charge in [0.05, 0.1) is 12.7 Å². The van der Waals surface area contributed by atoms with Crippen molar-refractivity contribution in [3.8, 4) is 0 Å². The Morgan fingerprint density at radius 1 is 1.41 bits per heavy atom. The molecular weight excluding hydrogens is 254 g/mol. The second-order valence-corrected chi connectivity index (χ2v) is 4.25. The van der Waals surface area contributed by atoms with Crippen molar-refractivity contribution in [2.45, 2.75) is 37.6 Å². The SMILES string of the molecule is C[C@@H]1O[C@@H](OCCN)[C@@H](OS(=O)O)[C@H](O)[C@@H]1O. The molecule has 5 N–H and O–H groups in total. The number of hydrogen-bond acceptors (Lipinski definition) is 7. The van der Waals surface area contributed by atoms with Crippen LogP contribution in [0.4, 0.5) is 0 Å². The Bertz CT molecular complexity index is 266. The van der Waals surface area contributed by atoms with Crippen LogP contribution in [0.5, 0.6) is 0 Å². The van der Waals surface area contributed by atoms with Crippen LogP contribution in [0.3, 0.4) is 0 Å². The molecule has 6 atom stereocenters. The third kappa shape index (κ3) is 3.93. The Balaban J connectivity index is 2.71. The van der Waals surface area contributed by atoms with E-state index in [4.69, 9.17) is 19.8 Å². The highest BCUT2D eigenvalue weighted by Crippen LogP contribution is 2.24. The fourth-order valence-corrected chi connectivity index (χ4v) is 1.91. The van der Waals surface area contributed by atoms with E-state index in [1.165, 1.54) is 0 Å². The molecule has 8 nitrogen and oxygen atoms in total. The van der Waals surface area contributed by atoms with Gasteiger partial charge in [-0.3, -0.25) is 8.74 Å². The first kappa shape index (κ1) is 14.9. The number of ether oxygens (including phenoxy) is 2.